The lowest BCUT2D eigenvalue weighted by Gasteiger charge is -2.35. The first-order valence-electron chi connectivity index (χ1n) is 9.11. The normalized spacial score (nSPS) is 15.3. The number of hydrogen-bond acceptors (Lipinski definition) is 3. The number of benzene rings is 2. The van der Waals surface area contributed by atoms with E-state index in [0.717, 1.165) is 49.4 Å². The Kier molecular flexibility index (Phi) is 4.34. The van der Waals surface area contributed by atoms with E-state index in [1.165, 1.54) is 17.6 Å². The average molecular weight is 348 g/mol. The van der Waals surface area contributed by atoms with Crippen molar-refractivity contribution in [2.45, 2.75) is 32.2 Å². The average Bonchev–Trinajstić information content (AvgIpc) is 3.06. The van der Waals surface area contributed by atoms with Gasteiger partial charge in [-0.25, -0.2) is 9.37 Å². The topological polar surface area (TPSA) is 44.9 Å². The Balaban J connectivity index is 1.59. The number of nitrogens with zero attached hydrogens (tertiary/aromatic N) is 4. The Bertz CT molecular complexity index is 977. The Labute approximate surface area is 152 Å². The minimum absolute atomic E-state index is 0.363. The Hall–Kier alpha value is -2.87. The minimum Gasteiger partial charge on any atom is -0.370 e. The van der Waals surface area contributed by atoms with Gasteiger partial charge in [0.15, 0.2) is 0 Å². The fraction of sp³-hybridized carbons (Fsp3) is 0.333. The third-order valence-corrected chi connectivity index (χ3v) is 5.23. The Morgan fingerprint density at radius 1 is 1.19 bits per heavy atom. The van der Waals surface area contributed by atoms with E-state index in [1.54, 1.807) is 6.07 Å². The van der Waals surface area contributed by atoms with Crippen molar-refractivity contribution in [1.29, 1.82) is 5.26 Å². The van der Waals surface area contributed by atoms with Gasteiger partial charge in [-0.15, -0.1) is 0 Å². The van der Waals surface area contributed by atoms with Crippen molar-refractivity contribution in [3.8, 4) is 6.07 Å². The van der Waals surface area contributed by atoms with E-state index in [-0.39, 0.29) is 5.82 Å². The molecule has 2 heterocycles. The highest BCUT2D eigenvalue weighted by Crippen LogP contribution is 2.32. The second-order valence-corrected chi connectivity index (χ2v) is 6.73. The molecule has 1 saturated heterocycles. The molecule has 3 aromatic rings. The highest BCUT2D eigenvalue weighted by molar-refractivity contribution is 5.76. The molecule has 0 saturated carbocycles. The number of piperidine rings is 1. The van der Waals surface area contributed by atoms with E-state index >= 15 is 0 Å². The van der Waals surface area contributed by atoms with Crippen LogP contribution < -0.4 is 4.90 Å². The third kappa shape index (κ3) is 2.82. The molecule has 0 atom stereocenters. The van der Waals surface area contributed by atoms with Crippen molar-refractivity contribution < 1.29 is 4.39 Å². The molecule has 132 valence electrons. The standard InChI is InChI=1S/C21H21FN4/c1-2-21-24-18-5-3-4-6-20(18)26(21)17-9-11-25(12-10-17)19-8-7-16(22)13-15(19)14-23/h3-8,13,17H,2,9-12H2,1H3. The van der Waals surface area contributed by atoms with Crippen molar-refractivity contribution in [2.75, 3.05) is 18.0 Å². The van der Waals surface area contributed by atoms with Gasteiger partial charge >= 0.3 is 0 Å². The van der Waals surface area contributed by atoms with Crippen molar-refractivity contribution in [3.63, 3.8) is 0 Å². The van der Waals surface area contributed by atoms with E-state index in [2.05, 4.69) is 40.7 Å². The molecule has 0 amide bonds. The van der Waals surface area contributed by atoms with Crippen LogP contribution in [-0.4, -0.2) is 22.6 Å². The zero-order chi connectivity index (χ0) is 18.1. The quantitative estimate of drug-likeness (QED) is 0.702. The van der Waals surface area contributed by atoms with Crippen molar-refractivity contribution in [3.05, 3.63) is 59.7 Å². The van der Waals surface area contributed by atoms with Crippen LogP contribution in [-0.2, 0) is 6.42 Å². The molecule has 4 rings (SSSR count). The number of para-hydroxylation sites is 2. The van der Waals surface area contributed by atoms with Crippen LogP contribution in [0.25, 0.3) is 11.0 Å². The van der Waals surface area contributed by atoms with E-state index in [1.807, 2.05) is 6.07 Å². The molecule has 2 aromatic carbocycles. The summed E-state index contributed by atoms with van der Waals surface area (Å²) in [5.41, 5.74) is 3.49. The molecule has 1 aromatic heterocycles. The summed E-state index contributed by atoms with van der Waals surface area (Å²) >= 11 is 0. The molecular weight excluding hydrogens is 327 g/mol. The fourth-order valence-electron chi connectivity index (χ4n) is 3.99. The SMILES string of the molecule is CCc1nc2ccccc2n1C1CCN(c2ccc(F)cc2C#N)CC1. The number of nitriles is 1. The van der Waals surface area contributed by atoms with Crippen LogP contribution >= 0.6 is 0 Å². The molecule has 0 radical (unpaired) electrons. The maximum Gasteiger partial charge on any atom is 0.124 e. The first kappa shape index (κ1) is 16.6. The van der Waals surface area contributed by atoms with Gasteiger partial charge < -0.3 is 9.47 Å². The summed E-state index contributed by atoms with van der Waals surface area (Å²) < 4.78 is 15.8. The van der Waals surface area contributed by atoms with Crippen LogP contribution in [0.3, 0.4) is 0 Å². The van der Waals surface area contributed by atoms with Crippen LogP contribution in [0.15, 0.2) is 42.5 Å². The number of aromatic nitrogens is 2. The van der Waals surface area contributed by atoms with Gasteiger partial charge in [-0.2, -0.15) is 5.26 Å². The molecule has 0 spiro atoms. The Morgan fingerprint density at radius 2 is 1.96 bits per heavy atom. The number of imidazole rings is 1. The monoisotopic (exact) mass is 348 g/mol. The summed E-state index contributed by atoms with van der Waals surface area (Å²) in [5.74, 6) is 0.766. The maximum absolute atomic E-state index is 13.4. The highest BCUT2D eigenvalue weighted by atomic mass is 19.1. The molecule has 0 aliphatic carbocycles. The molecule has 26 heavy (non-hydrogen) atoms. The molecule has 1 aliphatic heterocycles. The summed E-state index contributed by atoms with van der Waals surface area (Å²) in [4.78, 5) is 6.98. The number of aryl methyl sites for hydroxylation is 1. The largest absolute Gasteiger partial charge is 0.370 e. The predicted molar refractivity (Wildman–Crippen MR) is 101 cm³/mol. The van der Waals surface area contributed by atoms with Gasteiger partial charge in [-0.3, -0.25) is 0 Å². The summed E-state index contributed by atoms with van der Waals surface area (Å²) in [6, 6.07) is 15.3. The molecule has 4 nitrogen and oxygen atoms in total. The minimum atomic E-state index is -0.363. The maximum atomic E-state index is 13.4. The van der Waals surface area contributed by atoms with E-state index < -0.39 is 0 Å². The summed E-state index contributed by atoms with van der Waals surface area (Å²) in [6.45, 7) is 3.84. The molecular formula is C21H21FN4. The van der Waals surface area contributed by atoms with Gasteiger partial charge in [-0.05, 0) is 43.2 Å². The van der Waals surface area contributed by atoms with E-state index in [0.29, 0.717) is 11.6 Å². The molecule has 5 heteroatoms. The van der Waals surface area contributed by atoms with Crippen LogP contribution in [0.4, 0.5) is 10.1 Å². The van der Waals surface area contributed by atoms with E-state index in [4.69, 9.17) is 4.98 Å². The number of rotatable bonds is 3. The van der Waals surface area contributed by atoms with E-state index in [9.17, 15) is 9.65 Å². The lowest BCUT2D eigenvalue weighted by atomic mass is 10.0. The third-order valence-electron chi connectivity index (χ3n) is 5.23. The molecule has 1 fully saturated rings. The first-order valence-corrected chi connectivity index (χ1v) is 9.11. The number of halogens is 1. The lowest BCUT2D eigenvalue weighted by Crippen LogP contribution is -2.35. The van der Waals surface area contributed by atoms with Gasteiger partial charge in [0, 0.05) is 25.6 Å². The van der Waals surface area contributed by atoms with Gasteiger partial charge in [-0.1, -0.05) is 19.1 Å². The van der Waals surface area contributed by atoms with Crippen LogP contribution in [0.5, 0.6) is 0 Å². The molecule has 0 N–H and O–H groups in total. The van der Waals surface area contributed by atoms with Crippen molar-refractivity contribution in [2.24, 2.45) is 0 Å². The lowest BCUT2D eigenvalue weighted by molar-refractivity contribution is 0.395. The van der Waals surface area contributed by atoms with Crippen LogP contribution in [0.1, 0.15) is 37.2 Å². The van der Waals surface area contributed by atoms with Gasteiger partial charge in [0.05, 0.1) is 22.3 Å². The number of anilines is 1. The number of fused-ring (bicyclic) bond motifs is 1. The summed E-state index contributed by atoms with van der Waals surface area (Å²) in [7, 11) is 0. The summed E-state index contributed by atoms with van der Waals surface area (Å²) in [6.07, 6.45) is 2.87. The van der Waals surface area contributed by atoms with Crippen LogP contribution in [0.2, 0.25) is 0 Å². The van der Waals surface area contributed by atoms with Crippen molar-refractivity contribution in [1.82, 2.24) is 9.55 Å². The highest BCUT2D eigenvalue weighted by Gasteiger charge is 2.25. The predicted octanol–water partition coefficient (Wildman–Crippen LogP) is 4.45. The fourth-order valence-corrected chi connectivity index (χ4v) is 3.99. The van der Waals surface area contributed by atoms with Gasteiger partial charge in [0.25, 0.3) is 0 Å². The first-order chi connectivity index (χ1) is 12.7. The second kappa shape index (κ2) is 6.80. The zero-order valence-electron chi connectivity index (χ0n) is 14.8. The zero-order valence-corrected chi connectivity index (χ0v) is 14.8. The Morgan fingerprint density at radius 3 is 2.69 bits per heavy atom. The molecule has 0 unspecified atom stereocenters. The number of hydrogen-bond donors (Lipinski definition) is 0. The molecule has 0 bridgehead atoms. The smallest absolute Gasteiger partial charge is 0.124 e. The molecule has 1 aliphatic rings. The summed E-state index contributed by atoms with van der Waals surface area (Å²) in [5, 5.41) is 9.31. The second-order valence-electron chi connectivity index (χ2n) is 6.73. The van der Waals surface area contributed by atoms with Gasteiger partial charge in [0.1, 0.15) is 17.7 Å². The van der Waals surface area contributed by atoms with Crippen LogP contribution in [0, 0.1) is 17.1 Å². The van der Waals surface area contributed by atoms with Crippen molar-refractivity contribution >= 4 is 16.7 Å². The van der Waals surface area contributed by atoms with Gasteiger partial charge in [0.2, 0.25) is 0 Å².